The third-order valence-corrected chi connectivity index (χ3v) is 5.87. The molecule has 0 saturated carbocycles. The average molecular weight is 324 g/mol. The maximum Gasteiger partial charge on any atom is 1.00 e. The molecule has 4 nitrogen and oxygen atoms in total. The number of hydrogen-bond acceptors (Lipinski definition) is 3. The maximum absolute atomic E-state index is 10.9. The zero-order valence-electron chi connectivity index (χ0n) is 13.1. The van der Waals surface area contributed by atoms with E-state index < -0.39 is 10.1 Å². The molecule has 0 radical (unpaired) electrons. The molecular formula is C13H21NaO4SSi. The summed E-state index contributed by atoms with van der Waals surface area (Å²) in [5.41, 5.74) is 1.08. The van der Waals surface area contributed by atoms with Crippen molar-refractivity contribution >= 4 is 20.4 Å². The quantitative estimate of drug-likeness (QED) is 0.527. The second-order valence-corrected chi connectivity index (χ2v) is 8.62. The summed E-state index contributed by atoms with van der Waals surface area (Å²) in [7, 11) is -3.06. The first kappa shape index (κ1) is 18.4. The Morgan fingerprint density at radius 3 is 2.45 bits per heavy atom. The van der Waals surface area contributed by atoms with Gasteiger partial charge in [0.25, 0.3) is 10.1 Å². The van der Waals surface area contributed by atoms with Gasteiger partial charge in [-0.25, -0.2) is 0 Å². The minimum absolute atomic E-state index is 0. The summed E-state index contributed by atoms with van der Waals surface area (Å²) in [4.78, 5) is -0.0502. The van der Waals surface area contributed by atoms with Crippen LogP contribution in [-0.4, -0.2) is 35.0 Å². The predicted octanol–water partition coefficient (Wildman–Crippen LogP) is -1.76. The van der Waals surface area contributed by atoms with E-state index in [1.807, 2.05) is 0 Å². The van der Waals surface area contributed by atoms with Gasteiger partial charge in [0.2, 0.25) is 0 Å². The number of ether oxygens (including phenoxy) is 1. The third kappa shape index (κ3) is 5.25. The van der Waals surface area contributed by atoms with Crippen molar-refractivity contribution < 1.29 is 48.7 Å². The molecule has 1 N–H and O–H groups in total. The molecule has 1 atom stereocenters. The molecule has 0 aliphatic carbocycles. The number of aryl methyl sites for hydroxylation is 1. The summed E-state index contributed by atoms with van der Waals surface area (Å²) in [6, 6.07) is 6.42. The van der Waals surface area contributed by atoms with Crippen molar-refractivity contribution in [3.05, 3.63) is 29.8 Å². The smallest absolute Gasteiger partial charge is 1.00 e. The van der Waals surface area contributed by atoms with Crippen LogP contribution in [-0.2, 0) is 21.3 Å². The predicted molar refractivity (Wildman–Crippen MR) is 78.2 cm³/mol. The van der Waals surface area contributed by atoms with Crippen LogP contribution in [0.3, 0.4) is 0 Å². The molecule has 1 heterocycles. The van der Waals surface area contributed by atoms with Crippen molar-refractivity contribution in [1.82, 2.24) is 0 Å². The van der Waals surface area contributed by atoms with Gasteiger partial charge >= 0.3 is 29.6 Å². The van der Waals surface area contributed by atoms with E-state index in [0.29, 0.717) is 0 Å². The average Bonchev–Trinajstić information content (AvgIpc) is 2.37. The van der Waals surface area contributed by atoms with Gasteiger partial charge in [-0.05, 0) is 49.8 Å². The molecule has 1 aromatic rings. The monoisotopic (exact) mass is 324 g/mol. The molecule has 1 fully saturated rings. The minimum Gasteiger partial charge on any atom is -1.00 e. The van der Waals surface area contributed by atoms with Gasteiger partial charge in [0, 0.05) is 22.1 Å². The van der Waals surface area contributed by atoms with Gasteiger partial charge < -0.3 is 6.16 Å². The molecule has 0 amide bonds. The fourth-order valence-corrected chi connectivity index (χ4v) is 3.71. The number of benzene rings is 1. The minimum atomic E-state index is -4.08. The molecule has 1 aliphatic rings. The van der Waals surface area contributed by atoms with Gasteiger partial charge in [0.15, 0.2) is 0 Å². The summed E-state index contributed by atoms with van der Waals surface area (Å²) >= 11 is 0. The second-order valence-electron chi connectivity index (χ2n) is 5.37. The first-order chi connectivity index (χ1) is 8.89. The van der Waals surface area contributed by atoms with E-state index >= 15 is 0 Å². The summed E-state index contributed by atoms with van der Waals surface area (Å²) in [5, 5.41) is 0.0833. The van der Waals surface area contributed by atoms with Crippen molar-refractivity contribution in [2.24, 2.45) is 0 Å². The molecule has 1 aromatic carbocycles. The Labute approximate surface area is 147 Å². The molecule has 2 rings (SSSR count). The van der Waals surface area contributed by atoms with Crippen molar-refractivity contribution in [3.8, 4) is 0 Å². The Kier molecular flexibility index (Phi) is 6.91. The van der Waals surface area contributed by atoms with Crippen LogP contribution in [0.4, 0.5) is 0 Å². The van der Waals surface area contributed by atoms with Crippen LogP contribution < -0.4 is 29.6 Å². The zero-order chi connectivity index (χ0) is 13.9. The molecule has 1 aliphatic heterocycles. The van der Waals surface area contributed by atoms with Gasteiger partial charge in [-0.2, -0.15) is 8.42 Å². The standard InChI is InChI=1S/C13H20O4SSi.Na.H/c14-18(15,16)12-5-3-11(4-6-12)7-9-13(19)8-1-2-10-17-13;;/h3-6H,1-2,7-10H2,19H3,(H,14,15,16);;/q;+1;-1. The zero-order valence-corrected chi connectivity index (χ0v) is 16.9. The molecule has 0 bridgehead atoms. The normalized spacial score (nSPS) is 23.2. The Morgan fingerprint density at radius 1 is 1.30 bits per heavy atom. The van der Waals surface area contributed by atoms with Crippen molar-refractivity contribution in [1.29, 1.82) is 0 Å². The van der Waals surface area contributed by atoms with E-state index in [9.17, 15) is 8.42 Å². The van der Waals surface area contributed by atoms with Gasteiger partial charge in [-0.15, -0.1) is 0 Å². The first-order valence-corrected chi connectivity index (χ1v) is 9.03. The van der Waals surface area contributed by atoms with Crippen LogP contribution >= 0.6 is 0 Å². The number of rotatable bonds is 4. The van der Waals surface area contributed by atoms with Crippen LogP contribution in [0, 0.1) is 0 Å². The summed E-state index contributed by atoms with van der Waals surface area (Å²) < 4.78 is 36.7. The Bertz CT molecular complexity index is 530. The number of hydrogen-bond donors (Lipinski definition) is 1. The van der Waals surface area contributed by atoms with E-state index in [2.05, 4.69) is 0 Å². The Morgan fingerprint density at radius 2 is 1.95 bits per heavy atom. The Hall–Kier alpha value is 0.307. The van der Waals surface area contributed by atoms with Crippen LogP contribution in [0.15, 0.2) is 29.2 Å². The van der Waals surface area contributed by atoms with Crippen LogP contribution in [0.2, 0.25) is 0 Å². The van der Waals surface area contributed by atoms with Crippen LogP contribution in [0.1, 0.15) is 32.7 Å². The van der Waals surface area contributed by atoms with E-state index in [1.165, 1.54) is 18.6 Å². The topological polar surface area (TPSA) is 63.6 Å². The van der Waals surface area contributed by atoms with Gasteiger partial charge in [0.05, 0.1) is 4.90 Å². The SMILES string of the molecule is O=S(=O)(O)c1ccc(CCC2([SiH3])CCCCO2)cc1.[H-].[Na+]. The van der Waals surface area contributed by atoms with E-state index in [4.69, 9.17) is 9.29 Å². The van der Waals surface area contributed by atoms with Gasteiger partial charge in [-0.1, -0.05) is 12.1 Å². The second kappa shape index (κ2) is 7.53. The fourth-order valence-electron chi connectivity index (χ4n) is 2.43. The maximum atomic E-state index is 10.9. The molecule has 1 unspecified atom stereocenters. The van der Waals surface area contributed by atoms with E-state index in [1.54, 1.807) is 12.1 Å². The largest absolute Gasteiger partial charge is 1.00 e. The summed E-state index contributed by atoms with van der Waals surface area (Å²) in [6.45, 7) is 0.866. The molecule has 20 heavy (non-hydrogen) atoms. The van der Waals surface area contributed by atoms with Gasteiger partial charge in [0.1, 0.15) is 0 Å². The van der Waals surface area contributed by atoms with E-state index in [0.717, 1.165) is 48.1 Å². The molecular weight excluding hydrogens is 303 g/mol. The summed E-state index contributed by atoms with van der Waals surface area (Å²) in [6.07, 6.45) is 5.42. The molecule has 1 saturated heterocycles. The summed E-state index contributed by atoms with van der Waals surface area (Å²) in [5.74, 6) is 0. The van der Waals surface area contributed by atoms with Crippen molar-refractivity contribution in [2.75, 3.05) is 6.61 Å². The van der Waals surface area contributed by atoms with Crippen LogP contribution in [0.25, 0.3) is 0 Å². The molecule has 7 heteroatoms. The Balaban J connectivity index is 0.00000200. The van der Waals surface area contributed by atoms with Gasteiger partial charge in [-0.3, -0.25) is 4.55 Å². The fraction of sp³-hybridized carbons (Fsp3) is 0.538. The van der Waals surface area contributed by atoms with Crippen LogP contribution in [0.5, 0.6) is 0 Å². The molecule has 0 spiro atoms. The van der Waals surface area contributed by atoms with Crippen molar-refractivity contribution in [3.63, 3.8) is 0 Å². The van der Waals surface area contributed by atoms with Crippen molar-refractivity contribution in [2.45, 2.75) is 42.2 Å². The molecule has 0 aromatic heterocycles. The molecule has 108 valence electrons. The third-order valence-electron chi connectivity index (χ3n) is 3.71. The first-order valence-electron chi connectivity index (χ1n) is 6.59. The van der Waals surface area contributed by atoms with E-state index in [-0.39, 0.29) is 41.1 Å².